The largest absolute Gasteiger partial charge is 0.453 e. The lowest BCUT2D eigenvalue weighted by Gasteiger charge is -2.31. The summed E-state index contributed by atoms with van der Waals surface area (Å²) in [4.78, 5) is 25.6. The highest BCUT2D eigenvalue weighted by molar-refractivity contribution is 7.89. The Kier molecular flexibility index (Phi) is 8.45. The van der Waals surface area contributed by atoms with Crippen molar-refractivity contribution >= 4 is 22.0 Å². The zero-order chi connectivity index (χ0) is 21.4. The smallest absolute Gasteiger partial charge is 0.409 e. The first-order valence-electron chi connectivity index (χ1n) is 10.0. The number of carbonyl (C=O) groups excluding carboxylic acids is 2. The summed E-state index contributed by atoms with van der Waals surface area (Å²) in [5, 5.41) is 3.01. The van der Waals surface area contributed by atoms with Crippen LogP contribution in [0.2, 0.25) is 0 Å². The highest BCUT2D eigenvalue weighted by atomic mass is 32.2. The summed E-state index contributed by atoms with van der Waals surface area (Å²) in [5.41, 5.74) is 0.916. The van der Waals surface area contributed by atoms with Gasteiger partial charge in [-0.15, -0.1) is 0 Å². The fourth-order valence-electron chi connectivity index (χ4n) is 3.43. The Bertz CT molecular complexity index is 783. The van der Waals surface area contributed by atoms with Gasteiger partial charge in [0.25, 0.3) is 0 Å². The van der Waals surface area contributed by atoms with Crippen LogP contribution in [-0.4, -0.2) is 69.0 Å². The van der Waals surface area contributed by atoms with Gasteiger partial charge in [-0.3, -0.25) is 4.79 Å². The number of carbonyl (C=O) groups is 2. The molecule has 2 rings (SSSR count). The van der Waals surface area contributed by atoms with E-state index in [2.05, 4.69) is 5.32 Å². The number of likely N-dealkylation sites (tertiary alicyclic amines) is 1. The first kappa shape index (κ1) is 23.2. The maximum absolute atomic E-state index is 12.5. The average molecular weight is 426 g/mol. The van der Waals surface area contributed by atoms with Crippen LogP contribution in [0.3, 0.4) is 0 Å². The summed E-state index contributed by atoms with van der Waals surface area (Å²) in [7, 11) is -2.10. The molecule has 1 N–H and O–H groups in total. The van der Waals surface area contributed by atoms with E-state index in [-0.39, 0.29) is 22.9 Å². The standard InChI is InChI=1S/C20H31N3O5S/c1-4-23(5-2)29(26,27)18-9-6-16(7-10-18)8-11-19(24)21-17-12-14-22(15-13-17)20(25)28-3/h6-7,9-10,17H,4-5,8,11-15H2,1-3H3,(H,21,24). The predicted octanol–water partition coefficient (Wildman–Crippen LogP) is 2.00. The molecule has 1 aromatic carbocycles. The van der Waals surface area contributed by atoms with Crippen molar-refractivity contribution in [3.05, 3.63) is 29.8 Å². The van der Waals surface area contributed by atoms with Gasteiger partial charge in [-0.2, -0.15) is 4.31 Å². The van der Waals surface area contributed by atoms with Crippen molar-refractivity contribution in [1.82, 2.24) is 14.5 Å². The number of nitrogens with zero attached hydrogens (tertiary/aromatic N) is 2. The number of amides is 2. The van der Waals surface area contributed by atoms with Crippen molar-refractivity contribution in [3.63, 3.8) is 0 Å². The van der Waals surface area contributed by atoms with E-state index in [1.165, 1.54) is 11.4 Å². The Labute approximate surface area is 173 Å². The number of rotatable bonds is 8. The summed E-state index contributed by atoms with van der Waals surface area (Å²) in [6.45, 7) is 5.62. The molecule has 1 aromatic rings. The molecule has 8 nitrogen and oxygen atoms in total. The van der Waals surface area contributed by atoms with Gasteiger partial charge in [0.2, 0.25) is 15.9 Å². The van der Waals surface area contributed by atoms with Crippen LogP contribution < -0.4 is 5.32 Å². The van der Waals surface area contributed by atoms with Crippen LogP contribution in [0.4, 0.5) is 4.79 Å². The van der Waals surface area contributed by atoms with E-state index < -0.39 is 10.0 Å². The van der Waals surface area contributed by atoms with Crippen LogP contribution in [0.25, 0.3) is 0 Å². The lowest BCUT2D eigenvalue weighted by atomic mass is 10.0. The van der Waals surface area contributed by atoms with Crippen LogP contribution >= 0.6 is 0 Å². The maximum atomic E-state index is 12.5. The molecule has 2 amide bonds. The fraction of sp³-hybridized carbons (Fsp3) is 0.600. The molecule has 1 fully saturated rings. The third kappa shape index (κ3) is 6.17. The van der Waals surface area contributed by atoms with Crippen molar-refractivity contribution in [1.29, 1.82) is 0 Å². The molecular weight excluding hydrogens is 394 g/mol. The number of ether oxygens (including phenoxy) is 1. The van der Waals surface area contributed by atoms with Gasteiger partial charge in [0.05, 0.1) is 12.0 Å². The Balaban J connectivity index is 1.81. The van der Waals surface area contributed by atoms with E-state index in [1.54, 1.807) is 29.2 Å². The number of hydrogen-bond donors (Lipinski definition) is 1. The monoisotopic (exact) mass is 425 g/mol. The molecule has 0 spiro atoms. The van der Waals surface area contributed by atoms with E-state index in [0.29, 0.717) is 51.9 Å². The minimum atomic E-state index is -3.46. The minimum Gasteiger partial charge on any atom is -0.453 e. The van der Waals surface area contributed by atoms with E-state index in [0.717, 1.165) is 5.56 Å². The first-order chi connectivity index (χ1) is 13.8. The number of hydrogen-bond acceptors (Lipinski definition) is 5. The van der Waals surface area contributed by atoms with Crippen molar-refractivity contribution in [2.75, 3.05) is 33.3 Å². The highest BCUT2D eigenvalue weighted by Gasteiger charge is 2.24. The van der Waals surface area contributed by atoms with Gasteiger partial charge < -0.3 is 15.0 Å². The molecule has 1 aliphatic rings. The average Bonchev–Trinajstić information content (AvgIpc) is 2.73. The van der Waals surface area contributed by atoms with E-state index >= 15 is 0 Å². The van der Waals surface area contributed by atoms with Gasteiger partial charge in [0.15, 0.2) is 0 Å². The van der Waals surface area contributed by atoms with E-state index in [4.69, 9.17) is 4.74 Å². The fourth-order valence-corrected chi connectivity index (χ4v) is 4.89. The summed E-state index contributed by atoms with van der Waals surface area (Å²) < 4.78 is 31.1. The van der Waals surface area contributed by atoms with E-state index in [1.807, 2.05) is 13.8 Å². The molecule has 29 heavy (non-hydrogen) atoms. The molecule has 0 aromatic heterocycles. The summed E-state index contributed by atoms with van der Waals surface area (Å²) in [6.07, 6.45) is 1.95. The van der Waals surface area contributed by atoms with Gasteiger partial charge in [0.1, 0.15) is 0 Å². The zero-order valence-electron chi connectivity index (χ0n) is 17.4. The Morgan fingerprint density at radius 3 is 2.24 bits per heavy atom. The van der Waals surface area contributed by atoms with Crippen LogP contribution in [0.1, 0.15) is 38.7 Å². The first-order valence-corrected chi connectivity index (χ1v) is 11.5. The molecular formula is C20H31N3O5S. The number of sulfonamides is 1. The molecule has 0 radical (unpaired) electrons. The van der Waals surface area contributed by atoms with Crippen molar-refractivity contribution in [2.45, 2.75) is 50.5 Å². The third-order valence-electron chi connectivity index (χ3n) is 5.20. The quantitative estimate of drug-likeness (QED) is 0.687. The molecule has 0 aliphatic carbocycles. The normalized spacial score (nSPS) is 15.4. The molecule has 1 aliphatic heterocycles. The van der Waals surface area contributed by atoms with E-state index in [9.17, 15) is 18.0 Å². The topological polar surface area (TPSA) is 96.0 Å². The number of benzene rings is 1. The molecule has 1 saturated heterocycles. The Hall–Kier alpha value is -2.13. The molecule has 0 saturated carbocycles. The van der Waals surface area contributed by atoms with Gasteiger partial charge in [0, 0.05) is 38.6 Å². The number of piperidine rings is 1. The summed E-state index contributed by atoms with van der Waals surface area (Å²) in [6, 6.07) is 6.79. The number of aryl methyl sites for hydroxylation is 1. The number of nitrogens with one attached hydrogen (secondary N) is 1. The molecule has 9 heteroatoms. The van der Waals surface area contributed by atoms with Gasteiger partial charge >= 0.3 is 6.09 Å². The molecule has 0 atom stereocenters. The van der Waals surface area contributed by atoms with Crippen LogP contribution in [-0.2, 0) is 26.0 Å². The van der Waals surface area contributed by atoms with Crippen molar-refractivity contribution in [3.8, 4) is 0 Å². The van der Waals surface area contributed by atoms with Crippen LogP contribution in [0.15, 0.2) is 29.2 Å². The van der Waals surface area contributed by atoms with Crippen LogP contribution in [0, 0.1) is 0 Å². The van der Waals surface area contributed by atoms with Crippen molar-refractivity contribution < 1.29 is 22.7 Å². The summed E-state index contributed by atoms with van der Waals surface area (Å²) >= 11 is 0. The lowest BCUT2D eigenvalue weighted by molar-refractivity contribution is -0.122. The van der Waals surface area contributed by atoms with Gasteiger partial charge in [-0.1, -0.05) is 26.0 Å². The van der Waals surface area contributed by atoms with Crippen LogP contribution in [0.5, 0.6) is 0 Å². The zero-order valence-corrected chi connectivity index (χ0v) is 18.2. The SMILES string of the molecule is CCN(CC)S(=O)(=O)c1ccc(CCC(=O)NC2CCN(C(=O)OC)CC2)cc1. The minimum absolute atomic E-state index is 0.0404. The predicted molar refractivity (Wildman–Crippen MR) is 110 cm³/mol. The second-order valence-corrected chi connectivity index (χ2v) is 8.97. The second-order valence-electron chi connectivity index (χ2n) is 7.03. The van der Waals surface area contributed by atoms with Gasteiger partial charge in [-0.05, 0) is 37.0 Å². The Morgan fingerprint density at radius 2 is 1.72 bits per heavy atom. The molecule has 0 unspecified atom stereocenters. The highest BCUT2D eigenvalue weighted by Crippen LogP contribution is 2.17. The lowest BCUT2D eigenvalue weighted by Crippen LogP contribution is -2.46. The molecule has 0 bridgehead atoms. The maximum Gasteiger partial charge on any atom is 0.409 e. The number of methoxy groups -OCH3 is 1. The van der Waals surface area contributed by atoms with Crippen molar-refractivity contribution in [2.24, 2.45) is 0 Å². The Morgan fingerprint density at radius 1 is 1.14 bits per heavy atom. The molecule has 1 heterocycles. The van der Waals surface area contributed by atoms with Gasteiger partial charge in [-0.25, -0.2) is 13.2 Å². The molecule has 162 valence electrons. The summed E-state index contributed by atoms with van der Waals surface area (Å²) in [5.74, 6) is -0.0404. The second kappa shape index (κ2) is 10.6. The third-order valence-corrected chi connectivity index (χ3v) is 7.26.